The van der Waals surface area contributed by atoms with Gasteiger partial charge in [0.15, 0.2) is 11.6 Å². The van der Waals surface area contributed by atoms with Crippen LogP contribution >= 0.6 is 0 Å². The molecule has 1 atom stereocenters. The van der Waals surface area contributed by atoms with E-state index in [2.05, 4.69) is 15.3 Å². The zero-order valence-electron chi connectivity index (χ0n) is 11.2. The standard InChI is InChI=1S/C15H15N3O2/c1-10(16-9-11-5-4-8-20-11)14-17-13-7-3-2-6-12(13)15(19)18-14/h2-8,10,16H,9H2,1H3,(H,17,18,19)/p+1/t10-/m1/s1. The van der Waals surface area contributed by atoms with Crippen molar-refractivity contribution in [2.45, 2.75) is 19.5 Å². The van der Waals surface area contributed by atoms with E-state index in [1.165, 1.54) is 0 Å². The van der Waals surface area contributed by atoms with Crippen LogP contribution in [0.2, 0.25) is 0 Å². The molecule has 0 aliphatic heterocycles. The van der Waals surface area contributed by atoms with Gasteiger partial charge < -0.3 is 14.7 Å². The number of para-hydroxylation sites is 1. The average Bonchev–Trinajstić information content (AvgIpc) is 2.98. The van der Waals surface area contributed by atoms with Crippen molar-refractivity contribution in [3.05, 3.63) is 64.6 Å². The Morgan fingerprint density at radius 3 is 2.95 bits per heavy atom. The molecule has 3 N–H and O–H groups in total. The molecule has 0 aliphatic carbocycles. The third-order valence-electron chi connectivity index (χ3n) is 3.32. The summed E-state index contributed by atoms with van der Waals surface area (Å²) in [6, 6.07) is 11.2. The molecule has 0 spiro atoms. The summed E-state index contributed by atoms with van der Waals surface area (Å²) >= 11 is 0. The normalized spacial score (nSPS) is 12.7. The highest BCUT2D eigenvalue weighted by atomic mass is 16.3. The molecular weight excluding hydrogens is 254 g/mol. The lowest BCUT2D eigenvalue weighted by Crippen LogP contribution is -2.83. The van der Waals surface area contributed by atoms with E-state index >= 15 is 0 Å². The molecule has 3 rings (SSSR count). The zero-order valence-corrected chi connectivity index (χ0v) is 11.2. The van der Waals surface area contributed by atoms with Crippen molar-refractivity contribution in [3.8, 4) is 0 Å². The molecule has 1 aromatic carbocycles. The summed E-state index contributed by atoms with van der Waals surface area (Å²) in [6.07, 6.45) is 1.66. The topological polar surface area (TPSA) is 75.5 Å². The number of benzene rings is 1. The number of H-pyrrole nitrogens is 1. The van der Waals surface area contributed by atoms with Gasteiger partial charge in [0.1, 0.15) is 12.6 Å². The van der Waals surface area contributed by atoms with Gasteiger partial charge in [0, 0.05) is 0 Å². The van der Waals surface area contributed by atoms with Crippen molar-refractivity contribution in [3.63, 3.8) is 0 Å². The number of quaternary nitrogens is 1. The fourth-order valence-electron chi connectivity index (χ4n) is 2.15. The first-order valence-corrected chi connectivity index (χ1v) is 6.59. The van der Waals surface area contributed by atoms with Gasteiger partial charge in [0.05, 0.1) is 17.2 Å². The quantitative estimate of drug-likeness (QED) is 0.751. The second-order valence-electron chi connectivity index (χ2n) is 4.78. The van der Waals surface area contributed by atoms with Crippen LogP contribution in [0.1, 0.15) is 24.6 Å². The molecule has 0 fully saturated rings. The molecule has 5 heteroatoms. The molecule has 20 heavy (non-hydrogen) atoms. The molecule has 0 saturated heterocycles. The number of fused-ring (bicyclic) bond motifs is 1. The van der Waals surface area contributed by atoms with Crippen LogP contribution in [-0.4, -0.2) is 9.97 Å². The highest BCUT2D eigenvalue weighted by molar-refractivity contribution is 5.77. The summed E-state index contributed by atoms with van der Waals surface area (Å²) in [5.41, 5.74) is 0.633. The summed E-state index contributed by atoms with van der Waals surface area (Å²) in [5.74, 6) is 1.58. The summed E-state index contributed by atoms with van der Waals surface area (Å²) < 4.78 is 5.29. The van der Waals surface area contributed by atoms with Gasteiger partial charge in [0.25, 0.3) is 5.56 Å². The van der Waals surface area contributed by atoms with Crippen molar-refractivity contribution < 1.29 is 9.73 Å². The number of furan rings is 1. The second kappa shape index (κ2) is 5.30. The van der Waals surface area contributed by atoms with Gasteiger partial charge in [0.2, 0.25) is 0 Å². The van der Waals surface area contributed by atoms with Gasteiger partial charge in [-0.1, -0.05) is 12.1 Å². The van der Waals surface area contributed by atoms with Crippen molar-refractivity contribution in [1.29, 1.82) is 0 Å². The van der Waals surface area contributed by atoms with Crippen LogP contribution in [-0.2, 0) is 6.54 Å². The Morgan fingerprint density at radius 1 is 1.30 bits per heavy atom. The first kappa shape index (κ1) is 12.6. The van der Waals surface area contributed by atoms with Gasteiger partial charge >= 0.3 is 0 Å². The van der Waals surface area contributed by atoms with E-state index in [1.807, 2.05) is 37.3 Å². The monoisotopic (exact) mass is 270 g/mol. The molecule has 5 nitrogen and oxygen atoms in total. The summed E-state index contributed by atoms with van der Waals surface area (Å²) in [5, 5.41) is 2.70. The summed E-state index contributed by atoms with van der Waals surface area (Å²) in [7, 11) is 0. The minimum Gasteiger partial charge on any atom is -0.463 e. The molecule has 0 aliphatic rings. The molecule has 2 aromatic heterocycles. The van der Waals surface area contributed by atoms with Crippen molar-refractivity contribution in [1.82, 2.24) is 9.97 Å². The smallest absolute Gasteiger partial charge is 0.258 e. The molecule has 0 bridgehead atoms. The number of hydrogen-bond acceptors (Lipinski definition) is 3. The largest absolute Gasteiger partial charge is 0.463 e. The van der Waals surface area contributed by atoms with E-state index in [4.69, 9.17) is 4.42 Å². The number of nitrogens with zero attached hydrogens (tertiary/aromatic N) is 1. The molecule has 0 saturated carbocycles. The highest BCUT2D eigenvalue weighted by Gasteiger charge is 2.13. The van der Waals surface area contributed by atoms with Gasteiger partial charge in [-0.05, 0) is 31.2 Å². The number of nitrogens with two attached hydrogens (primary N) is 1. The lowest BCUT2D eigenvalue weighted by Gasteiger charge is -2.09. The second-order valence-corrected chi connectivity index (χ2v) is 4.78. The van der Waals surface area contributed by atoms with E-state index in [0.29, 0.717) is 17.8 Å². The number of rotatable bonds is 4. The Morgan fingerprint density at radius 2 is 2.15 bits per heavy atom. The lowest BCUT2D eigenvalue weighted by molar-refractivity contribution is -0.710. The van der Waals surface area contributed by atoms with Gasteiger partial charge in [-0.2, -0.15) is 0 Å². The average molecular weight is 270 g/mol. The van der Waals surface area contributed by atoms with Crippen LogP contribution in [0.3, 0.4) is 0 Å². The third kappa shape index (κ3) is 2.48. The van der Waals surface area contributed by atoms with Crippen LogP contribution in [0.25, 0.3) is 10.9 Å². The lowest BCUT2D eigenvalue weighted by atomic mass is 10.2. The first-order valence-electron chi connectivity index (χ1n) is 6.59. The van der Waals surface area contributed by atoms with E-state index in [1.54, 1.807) is 12.3 Å². The van der Waals surface area contributed by atoms with E-state index in [-0.39, 0.29) is 11.6 Å². The number of hydrogen-bond donors (Lipinski definition) is 2. The van der Waals surface area contributed by atoms with Crippen molar-refractivity contribution in [2.24, 2.45) is 0 Å². The number of aromatic nitrogens is 2. The Bertz CT molecular complexity index is 762. The minimum atomic E-state index is -0.0937. The van der Waals surface area contributed by atoms with Gasteiger partial charge in [-0.25, -0.2) is 4.98 Å². The predicted octanol–water partition coefficient (Wildman–Crippen LogP) is 1.34. The Labute approximate surface area is 115 Å². The summed E-state index contributed by atoms with van der Waals surface area (Å²) in [6.45, 7) is 2.72. The zero-order chi connectivity index (χ0) is 13.9. The fourth-order valence-corrected chi connectivity index (χ4v) is 2.15. The number of nitrogens with one attached hydrogen (secondary N) is 1. The number of aromatic amines is 1. The summed E-state index contributed by atoms with van der Waals surface area (Å²) in [4.78, 5) is 19.4. The molecule has 3 aromatic rings. The van der Waals surface area contributed by atoms with Crippen molar-refractivity contribution >= 4 is 10.9 Å². The maximum absolute atomic E-state index is 12.0. The van der Waals surface area contributed by atoms with E-state index in [0.717, 1.165) is 11.3 Å². The van der Waals surface area contributed by atoms with Gasteiger partial charge in [-0.15, -0.1) is 0 Å². The molecular formula is C15H16N3O2+. The van der Waals surface area contributed by atoms with Crippen LogP contribution in [0, 0.1) is 0 Å². The maximum Gasteiger partial charge on any atom is 0.258 e. The molecule has 2 heterocycles. The van der Waals surface area contributed by atoms with Crippen molar-refractivity contribution in [2.75, 3.05) is 0 Å². The Hall–Kier alpha value is -2.40. The highest BCUT2D eigenvalue weighted by Crippen LogP contribution is 2.08. The molecule has 102 valence electrons. The van der Waals surface area contributed by atoms with Crippen LogP contribution in [0.4, 0.5) is 0 Å². The van der Waals surface area contributed by atoms with Gasteiger partial charge in [-0.3, -0.25) is 4.79 Å². The molecule has 0 radical (unpaired) electrons. The third-order valence-corrected chi connectivity index (χ3v) is 3.32. The van der Waals surface area contributed by atoms with E-state index < -0.39 is 0 Å². The maximum atomic E-state index is 12.0. The fraction of sp³-hybridized carbons (Fsp3) is 0.200. The Balaban J connectivity index is 1.84. The van der Waals surface area contributed by atoms with Crippen LogP contribution in [0.15, 0.2) is 51.9 Å². The SMILES string of the molecule is C[C@@H]([NH2+]Cc1ccco1)c1nc2ccccc2c(=O)[nH]1. The predicted molar refractivity (Wildman–Crippen MR) is 75.1 cm³/mol. The van der Waals surface area contributed by atoms with Crippen LogP contribution < -0.4 is 10.9 Å². The molecule has 0 unspecified atom stereocenters. The first-order chi connectivity index (χ1) is 9.74. The minimum absolute atomic E-state index is 0.0532. The molecule has 0 amide bonds. The van der Waals surface area contributed by atoms with Crippen LogP contribution in [0.5, 0.6) is 0 Å². The van der Waals surface area contributed by atoms with E-state index in [9.17, 15) is 4.79 Å². The Kier molecular flexibility index (Phi) is 3.35.